The highest BCUT2D eigenvalue weighted by Crippen LogP contribution is 2.34. The van der Waals surface area contributed by atoms with Gasteiger partial charge in [0.2, 0.25) is 0 Å². The summed E-state index contributed by atoms with van der Waals surface area (Å²) in [5.74, 6) is 0.602. The summed E-state index contributed by atoms with van der Waals surface area (Å²) in [6.07, 6.45) is -3.95. The molecular formula is C25H33ClN2O8S. The van der Waals surface area contributed by atoms with Gasteiger partial charge in [0.15, 0.2) is 0 Å². The quantitative estimate of drug-likeness (QED) is 0.269. The predicted octanol–water partition coefficient (Wildman–Crippen LogP) is 0.755. The Balaban J connectivity index is 1.34. The van der Waals surface area contributed by atoms with Crippen LogP contribution in [0.25, 0.3) is 0 Å². The van der Waals surface area contributed by atoms with Gasteiger partial charge in [-0.2, -0.15) is 17.4 Å². The molecule has 5 atom stereocenters. The van der Waals surface area contributed by atoms with Crippen LogP contribution in [0.2, 0.25) is 5.02 Å². The number of hydrogen-bond donors (Lipinski definition) is 5. The molecule has 2 aromatic rings. The fourth-order valence-corrected chi connectivity index (χ4v) is 6.01. The van der Waals surface area contributed by atoms with Crippen molar-refractivity contribution in [1.82, 2.24) is 9.03 Å². The first-order chi connectivity index (χ1) is 17.7. The van der Waals surface area contributed by atoms with Crippen molar-refractivity contribution in [2.45, 2.75) is 49.8 Å². The van der Waals surface area contributed by atoms with Gasteiger partial charge in [0.25, 0.3) is 10.2 Å². The molecule has 0 spiro atoms. The van der Waals surface area contributed by atoms with Crippen molar-refractivity contribution in [2.24, 2.45) is 0 Å². The summed E-state index contributed by atoms with van der Waals surface area (Å²) in [5.41, 5.74) is 2.27. The average Bonchev–Trinajstić information content (AvgIpc) is 3.44. The van der Waals surface area contributed by atoms with Crippen molar-refractivity contribution < 1.29 is 38.3 Å². The third-order valence-corrected chi connectivity index (χ3v) is 8.65. The third kappa shape index (κ3) is 6.80. The summed E-state index contributed by atoms with van der Waals surface area (Å²) < 4.78 is 39.7. The van der Waals surface area contributed by atoms with Gasteiger partial charge in [-0.3, -0.25) is 0 Å². The second-order valence-corrected chi connectivity index (χ2v) is 11.4. The Morgan fingerprint density at radius 2 is 1.73 bits per heavy atom. The van der Waals surface area contributed by atoms with E-state index in [2.05, 4.69) is 4.72 Å². The van der Waals surface area contributed by atoms with Crippen LogP contribution in [0, 0.1) is 0 Å². The lowest BCUT2D eigenvalue weighted by Gasteiger charge is -2.40. The van der Waals surface area contributed by atoms with Gasteiger partial charge in [0.05, 0.1) is 6.61 Å². The maximum Gasteiger partial charge on any atom is 0.279 e. The number of nitrogens with zero attached hydrogens (tertiary/aromatic N) is 1. The molecule has 37 heavy (non-hydrogen) atoms. The number of nitrogens with one attached hydrogen (secondary N) is 1. The molecule has 0 saturated carbocycles. The van der Waals surface area contributed by atoms with Crippen LogP contribution in [0.15, 0.2) is 42.5 Å². The van der Waals surface area contributed by atoms with E-state index >= 15 is 0 Å². The smallest absolute Gasteiger partial charge is 0.279 e. The Hall–Kier alpha value is -1.80. The van der Waals surface area contributed by atoms with Crippen LogP contribution >= 0.6 is 11.6 Å². The predicted molar refractivity (Wildman–Crippen MR) is 137 cm³/mol. The van der Waals surface area contributed by atoms with Crippen molar-refractivity contribution in [1.29, 1.82) is 0 Å². The van der Waals surface area contributed by atoms with Crippen LogP contribution in [0.1, 0.15) is 35.6 Å². The molecule has 10 nitrogen and oxygen atoms in total. The standard InChI is InChI=1S/C25H33ClN2O8S/c26-20-8-5-17(25-24(32)23(31)22(30)21(15-29)36-25)14-18(20)13-16-3-6-19(7-4-16)35-12-9-27-37(33,34)28-10-1-2-11-28/h3-8,14,21-25,27,29-32H,1-2,9-13,15H2/t21-,22-,23+,24+,25+/m1/s1. The maximum absolute atomic E-state index is 12.2. The highest BCUT2D eigenvalue weighted by atomic mass is 35.5. The molecule has 2 aliphatic rings. The van der Waals surface area contributed by atoms with Gasteiger partial charge in [0.1, 0.15) is 42.9 Å². The van der Waals surface area contributed by atoms with Gasteiger partial charge in [-0.25, -0.2) is 0 Å². The lowest BCUT2D eigenvalue weighted by molar-refractivity contribution is -0.231. The number of rotatable bonds is 10. The van der Waals surface area contributed by atoms with Crippen LogP contribution in [-0.2, 0) is 21.4 Å². The highest BCUT2D eigenvalue weighted by molar-refractivity contribution is 7.87. The molecule has 2 aliphatic heterocycles. The minimum absolute atomic E-state index is 0.168. The Kier molecular flexibility index (Phi) is 9.43. The summed E-state index contributed by atoms with van der Waals surface area (Å²) in [6.45, 7) is 0.959. The molecular weight excluding hydrogens is 524 g/mol. The van der Waals surface area contributed by atoms with E-state index < -0.39 is 47.3 Å². The second kappa shape index (κ2) is 12.4. The topological polar surface area (TPSA) is 149 Å². The summed E-state index contributed by atoms with van der Waals surface area (Å²) in [7, 11) is -3.46. The first-order valence-corrected chi connectivity index (χ1v) is 14.1. The second-order valence-electron chi connectivity index (χ2n) is 9.28. The zero-order valence-electron chi connectivity index (χ0n) is 20.2. The van der Waals surface area contributed by atoms with Gasteiger partial charge in [-0.1, -0.05) is 35.9 Å². The van der Waals surface area contributed by atoms with Gasteiger partial charge in [0, 0.05) is 24.7 Å². The van der Waals surface area contributed by atoms with E-state index in [1.54, 1.807) is 30.3 Å². The fourth-order valence-electron chi connectivity index (χ4n) is 4.57. The molecule has 5 N–H and O–H groups in total. The van der Waals surface area contributed by atoms with Crippen LogP contribution in [-0.4, -0.2) is 90.4 Å². The van der Waals surface area contributed by atoms with Crippen molar-refractivity contribution in [3.8, 4) is 5.75 Å². The van der Waals surface area contributed by atoms with Crippen LogP contribution in [0.4, 0.5) is 0 Å². The van der Waals surface area contributed by atoms with E-state index in [4.69, 9.17) is 21.1 Å². The normalized spacial score (nSPS) is 26.9. The molecule has 2 fully saturated rings. The van der Waals surface area contributed by atoms with Gasteiger partial charge in [-0.15, -0.1) is 0 Å². The lowest BCUT2D eigenvalue weighted by Crippen LogP contribution is -2.55. The summed E-state index contributed by atoms with van der Waals surface area (Å²) in [4.78, 5) is 0. The molecule has 204 valence electrons. The van der Waals surface area contributed by atoms with Crippen molar-refractivity contribution in [3.05, 3.63) is 64.2 Å². The molecule has 0 aromatic heterocycles. The van der Waals surface area contributed by atoms with Crippen molar-refractivity contribution in [2.75, 3.05) is 32.8 Å². The number of benzene rings is 2. The first kappa shape index (κ1) is 28.2. The Morgan fingerprint density at radius 1 is 1.03 bits per heavy atom. The van der Waals surface area contributed by atoms with Gasteiger partial charge < -0.3 is 29.9 Å². The molecule has 0 aliphatic carbocycles. The zero-order chi connectivity index (χ0) is 26.6. The summed E-state index contributed by atoms with van der Waals surface area (Å²) in [5, 5.41) is 40.6. The van der Waals surface area contributed by atoms with E-state index in [1.807, 2.05) is 12.1 Å². The lowest BCUT2D eigenvalue weighted by atomic mass is 9.90. The SMILES string of the molecule is O=S(=O)(NCCOc1ccc(Cc2cc([C@@H]3O[C@H](CO)[C@@H](O)[C@H](O)[C@@H]3O)ccc2Cl)cc1)N1CCCC1. The Bertz CT molecular complexity index is 1140. The minimum Gasteiger partial charge on any atom is -0.492 e. The molecule has 12 heteroatoms. The molecule has 4 rings (SSSR count). The van der Waals surface area contributed by atoms with E-state index in [0.717, 1.165) is 24.0 Å². The van der Waals surface area contributed by atoms with E-state index in [-0.39, 0.29) is 13.2 Å². The molecule has 2 aromatic carbocycles. The van der Waals surface area contributed by atoms with Crippen molar-refractivity contribution >= 4 is 21.8 Å². The van der Waals surface area contributed by atoms with E-state index in [1.165, 1.54) is 4.31 Å². The fraction of sp³-hybridized carbons (Fsp3) is 0.520. The summed E-state index contributed by atoms with van der Waals surface area (Å²) in [6, 6.07) is 12.5. The van der Waals surface area contributed by atoms with E-state index in [9.17, 15) is 28.8 Å². The molecule has 0 radical (unpaired) electrons. The monoisotopic (exact) mass is 556 g/mol. The number of aliphatic hydroxyl groups is 4. The van der Waals surface area contributed by atoms with Crippen LogP contribution in [0.5, 0.6) is 5.75 Å². The Labute approximate surface area is 221 Å². The first-order valence-electron chi connectivity index (χ1n) is 12.2. The minimum atomic E-state index is -3.46. The van der Waals surface area contributed by atoms with E-state index in [0.29, 0.717) is 35.8 Å². The van der Waals surface area contributed by atoms with Crippen molar-refractivity contribution in [3.63, 3.8) is 0 Å². The van der Waals surface area contributed by atoms with Crippen LogP contribution in [0.3, 0.4) is 0 Å². The molecule has 2 heterocycles. The molecule has 2 saturated heterocycles. The summed E-state index contributed by atoms with van der Waals surface area (Å²) >= 11 is 6.41. The largest absolute Gasteiger partial charge is 0.492 e. The number of halogens is 1. The number of aliphatic hydroxyl groups excluding tert-OH is 4. The molecule has 0 amide bonds. The molecule has 0 bridgehead atoms. The number of ether oxygens (including phenoxy) is 2. The molecule has 0 unspecified atom stereocenters. The maximum atomic E-state index is 12.2. The van der Waals surface area contributed by atoms with Gasteiger partial charge >= 0.3 is 0 Å². The Morgan fingerprint density at radius 3 is 2.41 bits per heavy atom. The van der Waals surface area contributed by atoms with Gasteiger partial charge in [-0.05, 0) is 54.2 Å². The van der Waals surface area contributed by atoms with Crippen LogP contribution < -0.4 is 9.46 Å². The zero-order valence-corrected chi connectivity index (χ0v) is 21.8. The average molecular weight is 557 g/mol. The highest BCUT2D eigenvalue weighted by Gasteiger charge is 2.44. The number of hydrogen-bond acceptors (Lipinski definition) is 8. The third-order valence-electron chi connectivity index (χ3n) is 6.67.